The molecule has 0 aliphatic heterocycles. The van der Waals surface area contributed by atoms with Crippen LogP contribution in [0.2, 0.25) is 0 Å². The van der Waals surface area contributed by atoms with Crippen molar-refractivity contribution in [2.24, 2.45) is 0 Å². The Bertz CT molecular complexity index is 702. The highest BCUT2D eigenvalue weighted by molar-refractivity contribution is 6.05. The lowest BCUT2D eigenvalue weighted by molar-refractivity contribution is 0.102. The summed E-state index contributed by atoms with van der Waals surface area (Å²) in [6.45, 7) is 1.72. The Morgan fingerprint density at radius 1 is 1.00 bits per heavy atom. The molecule has 6 heteroatoms. The highest BCUT2D eigenvalue weighted by Crippen LogP contribution is 2.21. The first-order chi connectivity index (χ1) is 9.92. The molecule has 0 spiro atoms. The van der Waals surface area contributed by atoms with Crippen LogP contribution >= 0.6 is 0 Å². The van der Waals surface area contributed by atoms with E-state index >= 15 is 0 Å². The van der Waals surface area contributed by atoms with Gasteiger partial charge in [0.05, 0.1) is 5.69 Å². The molecule has 0 aromatic heterocycles. The van der Waals surface area contributed by atoms with Gasteiger partial charge in [-0.1, -0.05) is 0 Å². The summed E-state index contributed by atoms with van der Waals surface area (Å²) < 4.78 is 39.4. The number of carbonyl (C=O) groups excluding carboxylic acids is 1. The van der Waals surface area contributed by atoms with Crippen LogP contribution in [0, 0.1) is 24.4 Å². The second-order valence-corrected chi connectivity index (χ2v) is 4.48. The topological polar surface area (TPSA) is 41.1 Å². The smallest absolute Gasteiger partial charge is 0.256 e. The van der Waals surface area contributed by atoms with E-state index in [1.807, 2.05) is 0 Å². The van der Waals surface area contributed by atoms with Crippen molar-refractivity contribution in [3.05, 3.63) is 58.9 Å². The fourth-order valence-electron chi connectivity index (χ4n) is 1.88. The number of nitrogens with one attached hydrogen (secondary N) is 2. The monoisotopic (exact) mass is 294 g/mol. The molecule has 0 aliphatic rings. The molecule has 3 nitrogen and oxygen atoms in total. The van der Waals surface area contributed by atoms with Crippen LogP contribution in [0.15, 0.2) is 30.3 Å². The second-order valence-electron chi connectivity index (χ2n) is 4.48. The highest BCUT2D eigenvalue weighted by atomic mass is 19.2. The molecule has 0 radical (unpaired) electrons. The molecule has 0 unspecified atom stereocenters. The zero-order valence-electron chi connectivity index (χ0n) is 11.4. The van der Waals surface area contributed by atoms with Gasteiger partial charge in [0.15, 0.2) is 11.6 Å². The summed E-state index contributed by atoms with van der Waals surface area (Å²) in [7, 11) is 1.74. The van der Waals surface area contributed by atoms with Crippen LogP contribution in [0.25, 0.3) is 0 Å². The molecule has 2 N–H and O–H groups in total. The van der Waals surface area contributed by atoms with Crippen LogP contribution < -0.4 is 10.6 Å². The third kappa shape index (κ3) is 3.16. The predicted octanol–water partition coefficient (Wildman–Crippen LogP) is 3.71. The predicted molar refractivity (Wildman–Crippen MR) is 75.0 cm³/mol. The molecule has 0 saturated carbocycles. The minimum Gasteiger partial charge on any atom is -0.388 e. The van der Waals surface area contributed by atoms with Crippen LogP contribution in [0.1, 0.15) is 15.9 Å². The summed E-state index contributed by atoms with van der Waals surface area (Å²) in [5.74, 6) is -4.17. The van der Waals surface area contributed by atoms with Gasteiger partial charge in [-0.3, -0.25) is 4.79 Å². The molecule has 0 atom stereocenters. The normalized spacial score (nSPS) is 10.3. The lowest BCUT2D eigenvalue weighted by Crippen LogP contribution is -2.15. The molecule has 2 aromatic carbocycles. The van der Waals surface area contributed by atoms with Crippen molar-refractivity contribution in [3.63, 3.8) is 0 Å². The maximum Gasteiger partial charge on any atom is 0.256 e. The van der Waals surface area contributed by atoms with Crippen LogP contribution in [0.4, 0.5) is 24.5 Å². The van der Waals surface area contributed by atoms with Gasteiger partial charge in [-0.2, -0.15) is 0 Å². The lowest BCUT2D eigenvalue weighted by atomic mass is 10.1. The molecule has 110 valence electrons. The van der Waals surface area contributed by atoms with E-state index in [1.165, 1.54) is 0 Å². The highest BCUT2D eigenvalue weighted by Gasteiger charge is 2.15. The summed E-state index contributed by atoms with van der Waals surface area (Å²) in [6, 6.07) is 6.00. The van der Waals surface area contributed by atoms with Crippen LogP contribution in [-0.4, -0.2) is 13.0 Å². The standard InChI is InChI=1S/C15H13F3N2O/c1-8-5-9(19-2)3-4-10(8)15(21)20-14-7-12(17)11(16)6-13(14)18/h3-7,19H,1-2H3,(H,20,21). The van der Waals surface area contributed by atoms with E-state index in [0.717, 1.165) is 5.69 Å². The molecule has 21 heavy (non-hydrogen) atoms. The largest absolute Gasteiger partial charge is 0.388 e. The van der Waals surface area contributed by atoms with Crippen LogP contribution in [-0.2, 0) is 0 Å². The summed E-state index contributed by atoms with van der Waals surface area (Å²) in [5.41, 5.74) is 1.40. The maximum absolute atomic E-state index is 13.5. The van der Waals surface area contributed by atoms with Gasteiger partial charge >= 0.3 is 0 Å². The number of hydrogen-bond donors (Lipinski definition) is 2. The van der Waals surface area contributed by atoms with Gasteiger partial charge in [0.1, 0.15) is 5.82 Å². The number of anilines is 2. The van der Waals surface area contributed by atoms with E-state index < -0.39 is 29.0 Å². The van der Waals surface area contributed by atoms with Gasteiger partial charge in [0.2, 0.25) is 0 Å². The molecule has 0 saturated heterocycles. The maximum atomic E-state index is 13.5. The van der Waals surface area contributed by atoms with E-state index in [9.17, 15) is 18.0 Å². The van der Waals surface area contributed by atoms with Crippen LogP contribution in [0.5, 0.6) is 0 Å². The fraction of sp³-hybridized carbons (Fsp3) is 0.133. The van der Waals surface area contributed by atoms with E-state index in [4.69, 9.17) is 0 Å². The number of carbonyl (C=O) groups is 1. The third-order valence-corrected chi connectivity index (χ3v) is 3.02. The third-order valence-electron chi connectivity index (χ3n) is 3.02. The molecular weight excluding hydrogens is 281 g/mol. The van der Waals surface area contributed by atoms with Gasteiger partial charge in [0.25, 0.3) is 5.91 Å². The number of aryl methyl sites for hydroxylation is 1. The molecule has 0 aliphatic carbocycles. The minimum atomic E-state index is -1.31. The van der Waals surface area contributed by atoms with Crippen molar-refractivity contribution in [2.75, 3.05) is 17.7 Å². The van der Waals surface area contributed by atoms with Crippen molar-refractivity contribution in [2.45, 2.75) is 6.92 Å². The summed E-state index contributed by atoms with van der Waals surface area (Å²) >= 11 is 0. The molecule has 0 fully saturated rings. The number of halogens is 3. The van der Waals surface area contributed by atoms with Crippen molar-refractivity contribution in [1.82, 2.24) is 0 Å². The van der Waals surface area contributed by atoms with E-state index in [-0.39, 0.29) is 0 Å². The van der Waals surface area contributed by atoms with Gasteiger partial charge in [0, 0.05) is 30.4 Å². The van der Waals surface area contributed by atoms with E-state index in [2.05, 4.69) is 10.6 Å². The van der Waals surface area contributed by atoms with Gasteiger partial charge in [-0.25, -0.2) is 13.2 Å². The van der Waals surface area contributed by atoms with E-state index in [0.29, 0.717) is 23.3 Å². The summed E-state index contributed by atoms with van der Waals surface area (Å²) in [6.07, 6.45) is 0. The number of amides is 1. The van der Waals surface area contributed by atoms with Gasteiger partial charge in [-0.15, -0.1) is 0 Å². The minimum absolute atomic E-state index is 0.318. The molecular formula is C15H13F3N2O. The quantitative estimate of drug-likeness (QED) is 0.847. The average Bonchev–Trinajstić information content (AvgIpc) is 2.44. The fourth-order valence-corrected chi connectivity index (χ4v) is 1.88. The lowest BCUT2D eigenvalue weighted by Gasteiger charge is -2.10. The number of benzene rings is 2. The Morgan fingerprint density at radius 3 is 2.29 bits per heavy atom. The van der Waals surface area contributed by atoms with Gasteiger partial charge < -0.3 is 10.6 Å². The summed E-state index contributed by atoms with van der Waals surface area (Å²) in [5, 5.41) is 5.16. The average molecular weight is 294 g/mol. The van der Waals surface area contributed by atoms with Gasteiger partial charge in [-0.05, 0) is 30.7 Å². The van der Waals surface area contributed by atoms with Crippen molar-refractivity contribution in [3.8, 4) is 0 Å². The molecule has 0 heterocycles. The van der Waals surface area contributed by atoms with Crippen LogP contribution in [0.3, 0.4) is 0 Å². The van der Waals surface area contributed by atoms with Crippen molar-refractivity contribution >= 4 is 17.3 Å². The van der Waals surface area contributed by atoms with Crippen molar-refractivity contribution < 1.29 is 18.0 Å². The molecule has 0 bridgehead atoms. The molecule has 1 amide bonds. The summed E-state index contributed by atoms with van der Waals surface area (Å²) in [4.78, 5) is 12.1. The Kier molecular flexibility index (Phi) is 4.16. The number of rotatable bonds is 3. The van der Waals surface area contributed by atoms with E-state index in [1.54, 1.807) is 32.2 Å². The Balaban J connectivity index is 2.28. The Morgan fingerprint density at radius 2 is 1.67 bits per heavy atom. The SMILES string of the molecule is CNc1ccc(C(=O)Nc2cc(F)c(F)cc2F)c(C)c1. The zero-order chi connectivity index (χ0) is 15.6. The second kappa shape index (κ2) is 5.87. The molecule has 2 aromatic rings. The zero-order valence-corrected chi connectivity index (χ0v) is 11.4. The first-order valence-electron chi connectivity index (χ1n) is 6.16. The first-order valence-corrected chi connectivity index (χ1v) is 6.16. The molecule has 2 rings (SSSR count). The van der Waals surface area contributed by atoms with Crippen molar-refractivity contribution in [1.29, 1.82) is 0 Å². The number of hydrogen-bond acceptors (Lipinski definition) is 2. The Labute approximate surface area is 119 Å². The first kappa shape index (κ1) is 14.9. The Hall–Kier alpha value is -2.50.